The van der Waals surface area contributed by atoms with E-state index in [1.54, 1.807) is 12.3 Å². The number of hydrogen-bond acceptors (Lipinski definition) is 4. The Morgan fingerprint density at radius 1 is 1.17 bits per heavy atom. The van der Waals surface area contributed by atoms with E-state index in [9.17, 15) is 14.7 Å². The number of phenols is 1. The van der Waals surface area contributed by atoms with Crippen LogP contribution < -0.4 is 5.32 Å². The molecule has 3 N–H and O–H groups in total. The van der Waals surface area contributed by atoms with E-state index in [0.717, 1.165) is 31.2 Å². The highest BCUT2D eigenvalue weighted by Crippen LogP contribution is 2.22. The lowest BCUT2D eigenvalue weighted by molar-refractivity contribution is 0.0693. The van der Waals surface area contributed by atoms with Crippen LogP contribution in [-0.2, 0) is 6.42 Å². The molecule has 0 spiro atoms. The summed E-state index contributed by atoms with van der Waals surface area (Å²) < 4.78 is 0. The predicted octanol–water partition coefficient (Wildman–Crippen LogP) is 3.47. The SMILES string of the molecule is CCCCCc1ccc(C(=O)Nc2ccc(C(=O)O)c(O)c2)nc1. The number of hydrogen-bond donors (Lipinski definition) is 3. The van der Waals surface area contributed by atoms with E-state index in [-0.39, 0.29) is 11.3 Å². The standard InChI is InChI=1S/C18H20N2O4/c1-2-3-4-5-12-6-9-15(19-11-12)17(22)20-13-7-8-14(18(23)24)16(21)10-13/h6-11,21H,2-5H2,1H3,(H,20,22)(H,23,24). The smallest absolute Gasteiger partial charge is 0.339 e. The second-order valence-electron chi connectivity index (χ2n) is 5.50. The fraction of sp³-hybridized carbons (Fsp3) is 0.278. The molecule has 0 atom stereocenters. The van der Waals surface area contributed by atoms with Crippen LogP contribution in [0.2, 0.25) is 0 Å². The number of benzene rings is 1. The first-order valence-electron chi connectivity index (χ1n) is 7.84. The van der Waals surface area contributed by atoms with Crippen molar-refractivity contribution in [1.82, 2.24) is 4.98 Å². The van der Waals surface area contributed by atoms with Crippen LogP contribution in [0.3, 0.4) is 0 Å². The number of rotatable bonds is 7. The molecule has 6 nitrogen and oxygen atoms in total. The van der Waals surface area contributed by atoms with Gasteiger partial charge in [0.2, 0.25) is 0 Å². The Balaban J connectivity index is 2.01. The van der Waals surface area contributed by atoms with Crippen LogP contribution in [0, 0.1) is 0 Å². The molecule has 126 valence electrons. The first-order chi connectivity index (χ1) is 11.5. The van der Waals surface area contributed by atoms with E-state index in [1.807, 2.05) is 6.07 Å². The normalized spacial score (nSPS) is 10.4. The Kier molecular flexibility index (Phi) is 5.89. The average Bonchev–Trinajstić information content (AvgIpc) is 2.55. The molecule has 0 aliphatic carbocycles. The zero-order chi connectivity index (χ0) is 17.5. The lowest BCUT2D eigenvalue weighted by atomic mass is 10.1. The Bertz CT molecular complexity index is 726. The summed E-state index contributed by atoms with van der Waals surface area (Å²) in [4.78, 5) is 27.1. The van der Waals surface area contributed by atoms with Crippen LogP contribution in [0.15, 0.2) is 36.5 Å². The average molecular weight is 328 g/mol. The minimum absolute atomic E-state index is 0.220. The molecule has 0 fully saturated rings. The van der Waals surface area contributed by atoms with Gasteiger partial charge in [-0.3, -0.25) is 9.78 Å². The van der Waals surface area contributed by atoms with Crippen molar-refractivity contribution in [1.29, 1.82) is 0 Å². The Hall–Kier alpha value is -2.89. The van der Waals surface area contributed by atoms with Gasteiger partial charge in [-0.15, -0.1) is 0 Å². The molecule has 0 saturated carbocycles. The van der Waals surface area contributed by atoms with Gasteiger partial charge in [0.1, 0.15) is 17.0 Å². The number of pyridine rings is 1. The second-order valence-corrected chi connectivity index (χ2v) is 5.50. The minimum atomic E-state index is -1.23. The van der Waals surface area contributed by atoms with Gasteiger partial charge >= 0.3 is 5.97 Å². The maximum absolute atomic E-state index is 12.1. The van der Waals surface area contributed by atoms with Gasteiger partial charge in [-0.2, -0.15) is 0 Å². The summed E-state index contributed by atoms with van der Waals surface area (Å²) in [7, 11) is 0. The summed E-state index contributed by atoms with van der Waals surface area (Å²) in [5.74, 6) is -2.05. The van der Waals surface area contributed by atoms with Crippen molar-refractivity contribution in [3.63, 3.8) is 0 Å². The Labute approximate surface area is 140 Å². The molecule has 0 saturated heterocycles. The number of amides is 1. The van der Waals surface area contributed by atoms with Gasteiger partial charge < -0.3 is 15.5 Å². The van der Waals surface area contributed by atoms with Crippen molar-refractivity contribution in [2.24, 2.45) is 0 Å². The zero-order valence-electron chi connectivity index (χ0n) is 13.5. The minimum Gasteiger partial charge on any atom is -0.507 e. The first kappa shape index (κ1) is 17.5. The number of aryl methyl sites for hydroxylation is 1. The molecule has 1 amide bonds. The summed E-state index contributed by atoms with van der Waals surface area (Å²) in [6.45, 7) is 2.15. The van der Waals surface area contributed by atoms with Crippen LogP contribution in [0.25, 0.3) is 0 Å². The molecule has 0 unspecified atom stereocenters. The molecule has 24 heavy (non-hydrogen) atoms. The van der Waals surface area contributed by atoms with E-state index < -0.39 is 17.6 Å². The molecule has 1 aromatic heterocycles. The van der Waals surface area contributed by atoms with Crippen molar-refractivity contribution in [2.75, 3.05) is 5.32 Å². The fourth-order valence-corrected chi connectivity index (χ4v) is 2.27. The number of unbranched alkanes of at least 4 members (excludes halogenated alkanes) is 2. The van der Waals surface area contributed by atoms with Gasteiger partial charge in [0.25, 0.3) is 5.91 Å². The predicted molar refractivity (Wildman–Crippen MR) is 90.5 cm³/mol. The molecule has 2 rings (SSSR count). The molecule has 0 bridgehead atoms. The summed E-state index contributed by atoms with van der Waals surface area (Å²) in [5.41, 5.74) is 1.43. The number of anilines is 1. The number of carbonyl (C=O) groups excluding carboxylic acids is 1. The van der Waals surface area contributed by atoms with Gasteiger partial charge in [-0.1, -0.05) is 25.8 Å². The quantitative estimate of drug-likeness (QED) is 0.676. The van der Waals surface area contributed by atoms with Crippen molar-refractivity contribution in [2.45, 2.75) is 32.6 Å². The number of aromatic nitrogens is 1. The topological polar surface area (TPSA) is 99.5 Å². The van der Waals surface area contributed by atoms with Crippen molar-refractivity contribution < 1.29 is 19.8 Å². The number of nitrogens with zero attached hydrogens (tertiary/aromatic N) is 1. The number of aromatic carboxylic acids is 1. The first-order valence-corrected chi connectivity index (χ1v) is 7.84. The number of carboxylic acid groups (broad SMARTS) is 1. The van der Waals surface area contributed by atoms with E-state index >= 15 is 0 Å². The summed E-state index contributed by atoms with van der Waals surface area (Å²) >= 11 is 0. The van der Waals surface area contributed by atoms with Gasteiger partial charge in [0, 0.05) is 18.0 Å². The lowest BCUT2D eigenvalue weighted by Gasteiger charge is -2.07. The number of aromatic hydroxyl groups is 1. The largest absolute Gasteiger partial charge is 0.507 e. The monoisotopic (exact) mass is 328 g/mol. The van der Waals surface area contributed by atoms with Gasteiger partial charge in [0.15, 0.2) is 0 Å². The third-order valence-corrected chi connectivity index (χ3v) is 3.61. The molecule has 6 heteroatoms. The zero-order valence-corrected chi connectivity index (χ0v) is 13.5. The van der Waals surface area contributed by atoms with E-state index in [4.69, 9.17) is 5.11 Å². The van der Waals surface area contributed by atoms with Gasteiger partial charge in [-0.25, -0.2) is 4.79 Å². The molecule has 0 radical (unpaired) electrons. The van der Waals surface area contributed by atoms with Gasteiger partial charge in [-0.05, 0) is 36.6 Å². The summed E-state index contributed by atoms with van der Waals surface area (Å²) in [5, 5.41) is 21.1. The van der Waals surface area contributed by atoms with E-state index in [0.29, 0.717) is 5.69 Å². The molecule has 1 heterocycles. The highest BCUT2D eigenvalue weighted by atomic mass is 16.4. The third kappa shape index (κ3) is 4.55. The maximum atomic E-state index is 12.1. The molecule has 1 aromatic carbocycles. The molecule has 2 aromatic rings. The van der Waals surface area contributed by atoms with Crippen LogP contribution >= 0.6 is 0 Å². The van der Waals surface area contributed by atoms with Crippen molar-refractivity contribution in [3.8, 4) is 5.75 Å². The van der Waals surface area contributed by atoms with Crippen LogP contribution in [0.5, 0.6) is 5.75 Å². The highest BCUT2D eigenvalue weighted by molar-refractivity contribution is 6.03. The Morgan fingerprint density at radius 2 is 1.96 bits per heavy atom. The summed E-state index contributed by atoms with van der Waals surface area (Å²) in [6.07, 6.45) is 6.04. The number of carboxylic acids is 1. The lowest BCUT2D eigenvalue weighted by Crippen LogP contribution is -2.14. The van der Waals surface area contributed by atoms with Crippen LogP contribution in [0.1, 0.15) is 52.6 Å². The number of carbonyl (C=O) groups is 2. The molecular formula is C18H20N2O4. The van der Waals surface area contributed by atoms with Crippen molar-refractivity contribution >= 4 is 17.6 Å². The molecule has 0 aliphatic heterocycles. The van der Waals surface area contributed by atoms with Crippen LogP contribution in [0.4, 0.5) is 5.69 Å². The van der Waals surface area contributed by atoms with E-state index in [2.05, 4.69) is 17.2 Å². The Morgan fingerprint density at radius 3 is 2.54 bits per heavy atom. The van der Waals surface area contributed by atoms with Crippen LogP contribution in [-0.4, -0.2) is 27.1 Å². The third-order valence-electron chi connectivity index (χ3n) is 3.61. The van der Waals surface area contributed by atoms with E-state index in [1.165, 1.54) is 18.2 Å². The van der Waals surface area contributed by atoms with Gasteiger partial charge in [0.05, 0.1) is 0 Å². The molecular weight excluding hydrogens is 308 g/mol. The fourth-order valence-electron chi connectivity index (χ4n) is 2.27. The molecule has 0 aliphatic rings. The highest BCUT2D eigenvalue weighted by Gasteiger charge is 2.12. The van der Waals surface area contributed by atoms with Crippen molar-refractivity contribution in [3.05, 3.63) is 53.3 Å². The summed E-state index contributed by atoms with van der Waals surface area (Å²) in [6, 6.07) is 7.38. The maximum Gasteiger partial charge on any atom is 0.339 e. The second kappa shape index (κ2) is 8.10. The number of nitrogens with one attached hydrogen (secondary N) is 1.